The molecule has 0 aromatic carbocycles. The van der Waals surface area contributed by atoms with Crippen molar-refractivity contribution in [2.45, 2.75) is 19.3 Å². The van der Waals surface area contributed by atoms with Crippen LogP contribution in [-0.4, -0.2) is 16.8 Å². The van der Waals surface area contributed by atoms with E-state index in [-0.39, 0.29) is 0 Å². The van der Waals surface area contributed by atoms with Crippen molar-refractivity contribution in [1.29, 1.82) is 0 Å². The lowest BCUT2D eigenvalue weighted by Crippen LogP contribution is -2.19. The Morgan fingerprint density at radius 2 is 2.55 bits per heavy atom. The second-order valence-corrected chi connectivity index (χ2v) is 3.03. The Kier molecular flexibility index (Phi) is 1.79. The van der Waals surface area contributed by atoms with Gasteiger partial charge < -0.3 is 4.74 Å². The molecule has 3 nitrogen and oxygen atoms in total. The van der Waals surface area contributed by atoms with E-state index in [0.29, 0.717) is 0 Å². The zero-order valence-electron chi connectivity index (χ0n) is 6.42. The molecule has 1 aromatic heterocycles. The molecule has 0 spiro atoms. The quantitative estimate of drug-likeness (QED) is 0.714. The third-order valence-electron chi connectivity index (χ3n) is 2.17. The summed E-state index contributed by atoms with van der Waals surface area (Å²) in [6, 6.07) is 1.85. The number of nitrogens with one attached hydrogen (secondary N) is 1. The van der Waals surface area contributed by atoms with Crippen LogP contribution < -0.4 is 4.74 Å². The minimum absolute atomic E-state index is 0.789. The van der Waals surface area contributed by atoms with Gasteiger partial charge >= 0.3 is 0 Å². The molecule has 3 heteroatoms. The van der Waals surface area contributed by atoms with Crippen LogP contribution in [0.4, 0.5) is 0 Å². The van der Waals surface area contributed by atoms with Gasteiger partial charge in [0.2, 0.25) is 5.88 Å². The van der Waals surface area contributed by atoms with E-state index < -0.39 is 0 Å². The normalized spacial score (nSPS) is 17.8. The first-order valence-corrected chi connectivity index (χ1v) is 4.07. The number of H-pyrrole nitrogens is 1. The highest BCUT2D eigenvalue weighted by Gasteiger charge is 2.17. The largest absolute Gasteiger partial charge is 0.478 e. The zero-order valence-corrected chi connectivity index (χ0v) is 6.42. The predicted molar refractivity (Wildman–Crippen MR) is 41.4 cm³/mol. The van der Waals surface area contributed by atoms with Crippen LogP contribution in [0.2, 0.25) is 0 Å². The van der Waals surface area contributed by atoms with Gasteiger partial charge in [-0.2, -0.15) is 5.10 Å². The molecule has 1 aliphatic rings. The molecule has 0 bridgehead atoms. The predicted octanol–water partition coefficient (Wildman–Crippen LogP) is 1.59. The van der Waals surface area contributed by atoms with Crippen molar-refractivity contribution >= 4 is 0 Å². The standard InChI is InChI=1S/C8H12N2O/c1-2-7(3-1)6-11-8-4-5-9-10-8/h4-5,7H,1-3,6H2,(H,9,10). The highest BCUT2D eigenvalue weighted by atomic mass is 16.5. The molecule has 0 atom stereocenters. The molecule has 2 rings (SSSR count). The molecule has 1 saturated carbocycles. The molecule has 1 fully saturated rings. The van der Waals surface area contributed by atoms with Gasteiger partial charge in [0, 0.05) is 6.07 Å². The van der Waals surface area contributed by atoms with Crippen molar-refractivity contribution in [3.8, 4) is 5.88 Å². The molecule has 60 valence electrons. The van der Waals surface area contributed by atoms with Crippen molar-refractivity contribution in [3.63, 3.8) is 0 Å². The SMILES string of the molecule is c1cc(OCC2CCC2)[nH]n1. The van der Waals surface area contributed by atoms with Crippen molar-refractivity contribution in [1.82, 2.24) is 10.2 Å². The Balaban J connectivity index is 1.74. The van der Waals surface area contributed by atoms with Gasteiger partial charge in [-0.15, -0.1) is 0 Å². The average Bonchev–Trinajstić information content (AvgIpc) is 2.36. The Morgan fingerprint density at radius 3 is 3.09 bits per heavy atom. The maximum atomic E-state index is 5.43. The first-order chi connectivity index (χ1) is 5.45. The third kappa shape index (κ3) is 1.53. The molecule has 0 unspecified atom stereocenters. The summed E-state index contributed by atoms with van der Waals surface area (Å²) < 4.78 is 5.43. The highest BCUT2D eigenvalue weighted by molar-refractivity contribution is 5.04. The first-order valence-electron chi connectivity index (χ1n) is 4.07. The van der Waals surface area contributed by atoms with Gasteiger partial charge in [-0.3, -0.25) is 0 Å². The van der Waals surface area contributed by atoms with E-state index >= 15 is 0 Å². The van der Waals surface area contributed by atoms with Crippen LogP contribution in [0.15, 0.2) is 12.3 Å². The lowest BCUT2D eigenvalue weighted by molar-refractivity contribution is 0.175. The zero-order chi connectivity index (χ0) is 7.52. The number of hydrogen-bond donors (Lipinski definition) is 1. The Bertz CT molecular complexity index is 204. The molecular formula is C8H12N2O. The summed E-state index contributed by atoms with van der Waals surface area (Å²) in [5, 5.41) is 6.56. The summed E-state index contributed by atoms with van der Waals surface area (Å²) in [6.07, 6.45) is 5.73. The summed E-state index contributed by atoms with van der Waals surface area (Å²) in [5.41, 5.74) is 0. The Morgan fingerprint density at radius 1 is 1.64 bits per heavy atom. The monoisotopic (exact) mass is 152 g/mol. The van der Waals surface area contributed by atoms with Gasteiger partial charge in [0.15, 0.2) is 0 Å². The minimum Gasteiger partial charge on any atom is -0.478 e. The Hall–Kier alpha value is -0.990. The van der Waals surface area contributed by atoms with Crippen molar-refractivity contribution in [2.75, 3.05) is 6.61 Å². The number of rotatable bonds is 3. The number of aromatic nitrogens is 2. The first kappa shape index (κ1) is 6.70. The van der Waals surface area contributed by atoms with E-state index in [2.05, 4.69) is 10.2 Å². The maximum Gasteiger partial charge on any atom is 0.209 e. The van der Waals surface area contributed by atoms with Gasteiger partial charge in [0.05, 0.1) is 12.8 Å². The Labute approximate surface area is 65.8 Å². The van der Waals surface area contributed by atoms with Crippen LogP contribution >= 0.6 is 0 Å². The van der Waals surface area contributed by atoms with Crippen LogP contribution in [0.25, 0.3) is 0 Å². The minimum atomic E-state index is 0.789. The van der Waals surface area contributed by atoms with Crippen molar-refractivity contribution in [3.05, 3.63) is 12.3 Å². The molecule has 1 aromatic rings. The van der Waals surface area contributed by atoms with E-state index in [1.54, 1.807) is 6.20 Å². The molecule has 0 saturated heterocycles. The second kappa shape index (κ2) is 2.95. The van der Waals surface area contributed by atoms with Crippen LogP contribution in [-0.2, 0) is 0 Å². The number of hydrogen-bond acceptors (Lipinski definition) is 2. The lowest BCUT2D eigenvalue weighted by Gasteiger charge is -2.24. The summed E-state index contributed by atoms with van der Waals surface area (Å²) in [7, 11) is 0. The van der Waals surface area contributed by atoms with Crippen molar-refractivity contribution in [2.24, 2.45) is 5.92 Å². The summed E-state index contributed by atoms with van der Waals surface area (Å²) in [4.78, 5) is 0. The molecule has 11 heavy (non-hydrogen) atoms. The van der Waals surface area contributed by atoms with Crippen LogP contribution in [0.5, 0.6) is 5.88 Å². The van der Waals surface area contributed by atoms with Crippen LogP contribution in [0, 0.1) is 5.92 Å². The number of nitrogens with zero attached hydrogens (tertiary/aromatic N) is 1. The van der Waals surface area contributed by atoms with Crippen molar-refractivity contribution < 1.29 is 4.74 Å². The smallest absolute Gasteiger partial charge is 0.209 e. The topological polar surface area (TPSA) is 37.9 Å². The summed E-state index contributed by atoms with van der Waals surface area (Å²) >= 11 is 0. The molecule has 1 aliphatic carbocycles. The molecule has 1 N–H and O–H groups in total. The fourth-order valence-corrected chi connectivity index (χ4v) is 1.19. The molecular weight excluding hydrogens is 140 g/mol. The molecule has 0 amide bonds. The van der Waals surface area contributed by atoms with E-state index in [1.165, 1.54) is 19.3 Å². The van der Waals surface area contributed by atoms with E-state index in [9.17, 15) is 0 Å². The number of aromatic amines is 1. The fraction of sp³-hybridized carbons (Fsp3) is 0.625. The average molecular weight is 152 g/mol. The van der Waals surface area contributed by atoms with Gasteiger partial charge in [-0.25, -0.2) is 5.10 Å². The van der Waals surface area contributed by atoms with Gasteiger partial charge in [-0.05, 0) is 18.8 Å². The van der Waals surface area contributed by atoms with Crippen LogP contribution in [0.3, 0.4) is 0 Å². The molecule has 0 radical (unpaired) electrons. The van der Waals surface area contributed by atoms with Gasteiger partial charge in [0.1, 0.15) is 0 Å². The number of ether oxygens (including phenoxy) is 1. The van der Waals surface area contributed by atoms with Crippen LogP contribution in [0.1, 0.15) is 19.3 Å². The molecule has 1 heterocycles. The highest BCUT2D eigenvalue weighted by Crippen LogP contribution is 2.26. The summed E-state index contributed by atoms with van der Waals surface area (Å²) in [5.74, 6) is 1.58. The third-order valence-corrected chi connectivity index (χ3v) is 2.17. The van der Waals surface area contributed by atoms with E-state index in [4.69, 9.17) is 4.74 Å². The molecule has 0 aliphatic heterocycles. The van der Waals surface area contributed by atoms with E-state index in [0.717, 1.165) is 18.4 Å². The maximum absolute atomic E-state index is 5.43. The van der Waals surface area contributed by atoms with Gasteiger partial charge in [0.25, 0.3) is 0 Å². The summed E-state index contributed by atoms with van der Waals surface area (Å²) in [6.45, 7) is 0.849. The lowest BCUT2D eigenvalue weighted by atomic mass is 9.86. The van der Waals surface area contributed by atoms with Gasteiger partial charge in [-0.1, -0.05) is 6.42 Å². The second-order valence-electron chi connectivity index (χ2n) is 3.03. The van der Waals surface area contributed by atoms with E-state index in [1.807, 2.05) is 6.07 Å². The fourth-order valence-electron chi connectivity index (χ4n) is 1.19.